The molecular weight excluding hydrogens is 342 g/mol. The number of carbonyl (C=O) groups is 1. The van der Waals surface area contributed by atoms with Crippen LogP contribution in [0.4, 0.5) is 0 Å². The zero-order valence-electron chi connectivity index (χ0n) is 13.6. The Morgan fingerprint density at radius 2 is 2.08 bits per heavy atom. The Bertz CT molecular complexity index is 996. The Morgan fingerprint density at radius 3 is 2.85 bits per heavy atom. The second kappa shape index (κ2) is 7.23. The molecule has 0 spiro atoms. The Kier molecular flexibility index (Phi) is 4.85. The third kappa shape index (κ3) is 3.64. The summed E-state index contributed by atoms with van der Waals surface area (Å²) in [7, 11) is 0. The number of fused-ring (bicyclic) bond motifs is 1. The molecule has 10 nitrogen and oxygen atoms in total. The molecule has 1 aromatic carbocycles. The van der Waals surface area contributed by atoms with Gasteiger partial charge in [0.2, 0.25) is 5.91 Å². The molecule has 2 heterocycles. The number of aromatic amines is 1. The Morgan fingerprint density at radius 1 is 1.27 bits per heavy atom. The van der Waals surface area contributed by atoms with Crippen molar-refractivity contribution in [1.82, 2.24) is 24.8 Å². The number of phenols is 2. The van der Waals surface area contributed by atoms with Crippen LogP contribution in [0.3, 0.4) is 0 Å². The monoisotopic (exact) mass is 359 g/mol. The molecule has 0 fully saturated rings. The number of rotatable bonds is 6. The van der Waals surface area contributed by atoms with E-state index >= 15 is 0 Å². The highest BCUT2D eigenvalue weighted by atomic mass is 16.3. The van der Waals surface area contributed by atoms with Crippen molar-refractivity contribution < 1.29 is 20.1 Å². The molecule has 0 bridgehead atoms. The van der Waals surface area contributed by atoms with E-state index in [-0.39, 0.29) is 48.0 Å². The van der Waals surface area contributed by atoms with Crippen molar-refractivity contribution in [3.8, 4) is 11.5 Å². The van der Waals surface area contributed by atoms with Crippen molar-refractivity contribution in [1.29, 1.82) is 0 Å². The fourth-order valence-corrected chi connectivity index (χ4v) is 2.44. The topological polar surface area (TPSA) is 153 Å². The van der Waals surface area contributed by atoms with Gasteiger partial charge < -0.3 is 30.2 Å². The number of nitrogens with zero attached hydrogens (tertiary/aromatic N) is 3. The quantitative estimate of drug-likeness (QED) is 0.381. The summed E-state index contributed by atoms with van der Waals surface area (Å²) < 4.78 is 1.60. The normalized spacial score (nSPS) is 12.2. The predicted octanol–water partition coefficient (Wildman–Crippen LogP) is -0.229. The number of hydrogen-bond donors (Lipinski definition) is 5. The summed E-state index contributed by atoms with van der Waals surface area (Å²) in [6.07, 6.45) is 1.79. The molecule has 0 radical (unpaired) electrons. The Labute approximate surface area is 146 Å². The minimum Gasteiger partial charge on any atom is -0.504 e. The number of aliphatic hydroxyl groups excluding tert-OH is 1. The summed E-state index contributed by atoms with van der Waals surface area (Å²) in [5.74, 6) is -0.939. The van der Waals surface area contributed by atoms with Gasteiger partial charge in [0.05, 0.1) is 18.8 Å². The smallest absolute Gasteiger partial charge is 0.278 e. The van der Waals surface area contributed by atoms with Gasteiger partial charge in [-0.2, -0.15) is 0 Å². The molecule has 1 unspecified atom stereocenters. The van der Waals surface area contributed by atoms with Gasteiger partial charge in [-0.1, -0.05) is 6.07 Å². The van der Waals surface area contributed by atoms with Crippen LogP contribution in [0.5, 0.6) is 11.5 Å². The highest BCUT2D eigenvalue weighted by Crippen LogP contribution is 2.27. The van der Waals surface area contributed by atoms with Crippen LogP contribution < -0.4 is 10.9 Å². The number of H-pyrrole nitrogens is 1. The summed E-state index contributed by atoms with van der Waals surface area (Å²) in [6, 6.07) is 3.94. The zero-order valence-corrected chi connectivity index (χ0v) is 13.6. The number of benzene rings is 1. The third-order valence-corrected chi connectivity index (χ3v) is 3.86. The van der Waals surface area contributed by atoms with Crippen molar-refractivity contribution in [2.75, 3.05) is 6.54 Å². The Balaban J connectivity index is 1.54. The van der Waals surface area contributed by atoms with Crippen LogP contribution in [-0.2, 0) is 11.3 Å². The lowest BCUT2D eigenvalue weighted by atomic mass is 10.1. The molecule has 10 heteroatoms. The van der Waals surface area contributed by atoms with Gasteiger partial charge in [0.15, 0.2) is 22.7 Å². The molecule has 2 aromatic heterocycles. The van der Waals surface area contributed by atoms with Crippen LogP contribution in [-0.4, -0.2) is 47.3 Å². The van der Waals surface area contributed by atoms with E-state index in [2.05, 4.69) is 20.3 Å². The van der Waals surface area contributed by atoms with E-state index in [1.165, 1.54) is 30.9 Å². The SMILES string of the molecule is O=C(CCn1cnc2c(=O)[nH]cnc21)NCC(O)c1ccc(O)c(O)c1. The zero-order chi connectivity index (χ0) is 18.7. The molecule has 3 rings (SSSR count). The minimum atomic E-state index is -1.03. The van der Waals surface area contributed by atoms with Crippen molar-refractivity contribution in [2.24, 2.45) is 0 Å². The summed E-state index contributed by atoms with van der Waals surface area (Å²) in [6.45, 7) is 0.223. The van der Waals surface area contributed by atoms with E-state index in [0.717, 1.165) is 0 Å². The van der Waals surface area contributed by atoms with E-state index in [1.54, 1.807) is 4.57 Å². The molecule has 0 aliphatic carbocycles. The molecule has 1 amide bonds. The lowest BCUT2D eigenvalue weighted by molar-refractivity contribution is -0.121. The van der Waals surface area contributed by atoms with Crippen LogP contribution in [0.25, 0.3) is 11.2 Å². The van der Waals surface area contributed by atoms with E-state index in [4.69, 9.17) is 0 Å². The van der Waals surface area contributed by atoms with Gasteiger partial charge >= 0.3 is 0 Å². The maximum Gasteiger partial charge on any atom is 0.278 e. The van der Waals surface area contributed by atoms with E-state index in [9.17, 15) is 24.9 Å². The van der Waals surface area contributed by atoms with Gasteiger partial charge in [0, 0.05) is 19.5 Å². The van der Waals surface area contributed by atoms with Gasteiger partial charge in [-0.3, -0.25) is 9.59 Å². The number of amides is 1. The van der Waals surface area contributed by atoms with Gasteiger partial charge in [-0.05, 0) is 17.7 Å². The van der Waals surface area contributed by atoms with Gasteiger partial charge in [-0.15, -0.1) is 0 Å². The third-order valence-electron chi connectivity index (χ3n) is 3.86. The van der Waals surface area contributed by atoms with E-state index < -0.39 is 6.10 Å². The number of phenolic OH excluding ortho intramolecular Hbond substituents is 2. The minimum absolute atomic E-state index is 0.0500. The molecule has 26 heavy (non-hydrogen) atoms. The van der Waals surface area contributed by atoms with Crippen molar-refractivity contribution in [3.05, 3.63) is 46.8 Å². The maximum absolute atomic E-state index is 12.0. The van der Waals surface area contributed by atoms with Gasteiger partial charge in [-0.25, -0.2) is 9.97 Å². The summed E-state index contributed by atoms with van der Waals surface area (Å²) >= 11 is 0. The largest absolute Gasteiger partial charge is 0.504 e. The molecule has 0 aliphatic rings. The maximum atomic E-state index is 12.0. The van der Waals surface area contributed by atoms with E-state index in [0.29, 0.717) is 11.2 Å². The lowest BCUT2D eigenvalue weighted by Gasteiger charge is -2.13. The predicted molar refractivity (Wildman–Crippen MR) is 90.5 cm³/mol. The van der Waals surface area contributed by atoms with Gasteiger partial charge in [0.1, 0.15) is 0 Å². The molecular formula is C16H17N5O5. The number of nitrogens with one attached hydrogen (secondary N) is 2. The Hall–Kier alpha value is -3.40. The van der Waals surface area contributed by atoms with Crippen LogP contribution in [0.15, 0.2) is 35.6 Å². The van der Waals surface area contributed by atoms with Crippen LogP contribution in [0.1, 0.15) is 18.1 Å². The number of aliphatic hydroxyl groups is 1. The van der Waals surface area contributed by atoms with Crippen molar-refractivity contribution in [2.45, 2.75) is 19.1 Å². The summed E-state index contributed by atoms with van der Waals surface area (Å²) in [5, 5.41) is 31.3. The van der Waals surface area contributed by atoms with Crippen molar-refractivity contribution >= 4 is 17.1 Å². The average Bonchev–Trinajstić information content (AvgIpc) is 3.04. The summed E-state index contributed by atoms with van der Waals surface area (Å²) in [5.41, 5.74) is 0.611. The first kappa shape index (κ1) is 17.4. The number of imidazole rings is 1. The first-order chi connectivity index (χ1) is 12.5. The highest BCUT2D eigenvalue weighted by molar-refractivity contribution is 5.76. The van der Waals surface area contributed by atoms with Crippen molar-refractivity contribution in [3.63, 3.8) is 0 Å². The highest BCUT2D eigenvalue weighted by Gasteiger charge is 2.13. The average molecular weight is 359 g/mol. The number of aryl methyl sites for hydroxylation is 1. The first-order valence-corrected chi connectivity index (χ1v) is 7.81. The molecule has 0 saturated carbocycles. The number of carbonyl (C=O) groups excluding carboxylic acids is 1. The molecule has 3 aromatic rings. The lowest BCUT2D eigenvalue weighted by Crippen LogP contribution is -2.29. The van der Waals surface area contributed by atoms with E-state index in [1.807, 2.05) is 0 Å². The number of aromatic nitrogens is 4. The fraction of sp³-hybridized carbons (Fsp3) is 0.250. The van der Waals surface area contributed by atoms with Crippen LogP contribution in [0, 0.1) is 0 Å². The van der Waals surface area contributed by atoms with Gasteiger partial charge in [0.25, 0.3) is 5.56 Å². The second-order valence-corrected chi connectivity index (χ2v) is 5.66. The molecule has 0 aliphatic heterocycles. The number of hydrogen-bond acceptors (Lipinski definition) is 7. The first-order valence-electron chi connectivity index (χ1n) is 7.81. The fourth-order valence-electron chi connectivity index (χ4n) is 2.44. The number of aromatic hydroxyl groups is 2. The molecule has 5 N–H and O–H groups in total. The molecule has 136 valence electrons. The molecule has 0 saturated heterocycles. The van der Waals surface area contributed by atoms with Crippen LogP contribution in [0.2, 0.25) is 0 Å². The summed E-state index contributed by atoms with van der Waals surface area (Å²) in [4.78, 5) is 34.0. The molecule has 1 atom stereocenters. The second-order valence-electron chi connectivity index (χ2n) is 5.66. The van der Waals surface area contributed by atoms with Crippen LogP contribution >= 0.6 is 0 Å². The standard InChI is InChI=1S/C16H17N5O5/c22-10-2-1-9(5-11(10)23)12(24)6-17-13(25)3-4-21-8-20-14-15(21)18-7-19-16(14)26/h1-2,5,7-8,12,22-24H,3-4,6H2,(H,17,25)(H,18,19,26).